The molecule has 0 aromatic heterocycles. The average molecular weight is 310 g/mol. The third-order valence-corrected chi connectivity index (χ3v) is 4.27. The lowest BCUT2D eigenvalue weighted by atomic mass is 10.1. The van der Waals surface area contributed by atoms with Gasteiger partial charge in [-0.05, 0) is 36.1 Å². The number of carboxylic acids is 1. The van der Waals surface area contributed by atoms with Crippen LogP contribution < -0.4 is 4.74 Å². The van der Waals surface area contributed by atoms with E-state index >= 15 is 0 Å². The number of hydrogen-bond donors (Lipinski definition) is 1. The number of likely N-dealkylation sites (tertiary alicyclic amines) is 1. The van der Waals surface area contributed by atoms with E-state index in [1.54, 1.807) is 17.0 Å². The molecule has 112 valence electrons. The summed E-state index contributed by atoms with van der Waals surface area (Å²) in [6, 6.07) is 5.34. The van der Waals surface area contributed by atoms with Crippen molar-refractivity contribution in [3.05, 3.63) is 28.8 Å². The van der Waals surface area contributed by atoms with E-state index in [0.29, 0.717) is 30.3 Å². The summed E-state index contributed by atoms with van der Waals surface area (Å²) in [5, 5.41) is 9.45. The van der Waals surface area contributed by atoms with E-state index in [9.17, 15) is 9.59 Å². The number of hydrogen-bond acceptors (Lipinski definition) is 3. The van der Waals surface area contributed by atoms with Crippen molar-refractivity contribution in [2.75, 3.05) is 13.1 Å². The summed E-state index contributed by atoms with van der Waals surface area (Å²) in [5.74, 6) is -0.118. The largest absolute Gasteiger partial charge is 0.481 e. The van der Waals surface area contributed by atoms with Crippen molar-refractivity contribution in [2.24, 2.45) is 5.92 Å². The molecular formula is C15H16ClNO4. The highest BCUT2D eigenvalue weighted by Gasteiger charge is 2.36. The fraction of sp³-hybridized carbons (Fsp3) is 0.467. The van der Waals surface area contributed by atoms with Crippen LogP contribution in [0, 0.1) is 5.92 Å². The van der Waals surface area contributed by atoms with E-state index in [0.717, 1.165) is 12.0 Å². The molecule has 1 aromatic rings. The number of aliphatic carboxylic acids is 1. The van der Waals surface area contributed by atoms with Crippen LogP contribution in [0.3, 0.4) is 0 Å². The van der Waals surface area contributed by atoms with Gasteiger partial charge in [0.25, 0.3) is 5.91 Å². The molecule has 0 saturated carbocycles. The minimum atomic E-state index is -0.812. The Labute approximate surface area is 127 Å². The van der Waals surface area contributed by atoms with E-state index in [-0.39, 0.29) is 18.2 Å². The van der Waals surface area contributed by atoms with Gasteiger partial charge in [0, 0.05) is 31.0 Å². The molecule has 2 aliphatic rings. The fourth-order valence-electron chi connectivity index (χ4n) is 3.00. The Kier molecular flexibility index (Phi) is 3.76. The molecule has 2 unspecified atom stereocenters. The van der Waals surface area contributed by atoms with Gasteiger partial charge in [0.2, 0.25) is 0 Å². The molecule has 3 rings (SSSR count). The van der Waals surface area contributed by atoms with E-state index in [2.05, 4.69) is 0 Å². The maximum absolute atomic E-state index is 12.5. The number of amides is 1. The molecule has 0 aliphatic carbocycles. The second kappa shape index (κ2) is 5.56. The van der Waals surface area contributed by atoms with Crippen molar-refractivity contribution in [2.45, 2.75) is 25.4 Å². The number of carbonyl (C=O) groups is 2. The lowest BCUT2D eigenvalue weighted by Crippen LogP contribution is -2.40. The molecular weight excluding hydrogens is 294 g/mol. The number of carbonyl (C=O) groups excluding carboxylic acids is 1. The van der Waals surface area contributed by atoms with Crippen molar-refractivity contribution in [3.8, 4) is 5.75 Å². The third-order valence-electron chi connectivity index (χ3n) is 4.03. The van der Waals surface area contributed by atoms with Gasteiger partial charge in [-0.1, -0.05) is 11.6 Å². The second-order valence-electron chi connectivity index (χ2n) is 5.60. The first-order chi connectivity index (χ1) is 10.0. The molecule has 1 amide bonds. The summed E-state index contributed by atoms with van der Waals surface area (Å²) in [5.41, 5.74) is 0.946. The molecule has 5 nitrogen and oxygen atoms in total. The maximum atomic E-state index is 12.5. The van der Waals surface area contributed by atoms with Gasteiger partial charge in [0.05, 0.1) is 0 Å². The Morgan fingerprint density at radius 2 is 2.24 bits per heavy atom. The van der Waals surface area contributed by atoms with Gasteiger partial charge >= 0.3 is 5.97 Å². The summed E-state index contributed by atoms with van der Waals surface area (Å²) in [4.78, 5) is 24.9. The molecule has 2 heterocycles. The lowest BCUT2D eigenvalue weighted by Gasteiger charge is -2.20. The maximum Gasteiger partial charge on any atom is 0.303 e. The van der Waals surface area contributed by atoms with E-state index in [4.69, 9.17) is 21.4 Å². The van der Waals surface area contributed by atoms with Crippen molar-refractivity contribution in [1.29, 1.82) is 0 Å². The summed E-state index contributed by atoms with van der Waals surface area (Å²) < 4.78 is 5.69. The number of ether oxygens (including phenoxy) is 1. The topological polar surface area (TPSA) is 66.8 Å². The van der Waals surface area contributed by atoms with E-state index < -0.39 is 12.1 Å². The first kappa shape index (κ1) is 14.2. The Morgan fingerprint density at radius 1 is 1.43 bits per heavy atom. The molecule has 0 bridgehead atoms. The van der Waals surface area contributed by atoms with Crippen LogP contribution in [0.4, 0.5) is 0 Å². The first-order valence-corrected chi connectivity index (χ1v) is 7.36. The van der Waals surface area contributed by atoms with Crippen molar-refractivity contribution in [3.63, 3.8) is 0 Å². The highest BCUT2D eigenvalue weighted by molar-refractivity contribution is 6.30. The Bertz CT molecular complexity index is 589. The fourth-order valence-corrected chi connectivity index (χ4v) is 3.20. The molecule has 0 spiro atoms. The Hall–Kier alpha value is -1.75. The minimum Gasteiger partial charge on any atom is -0.481 e. The van der Waals surface area contributed by atoms with Gasteiger partial charge in [0.1, 0.15) is 5.75 Å². The van der Waals surface area contributed by atoms with Crippen LogP contribution in [0.25, 0.3) is 0 Å². The lowest BCUT2D eigenvalue weighted by molar-refractivity contribution is -0.139. The predicted octanol–water partition coefficient (Wildman–Crippen LogP) is 1.97. The molecule has 2 atom stereocenters. The summed E-state index contributed by atoms with van der Waals surface area (Å²) >= 11 is 5.94. The highest BCUT2D eigenvalue weighted by Crippen LogP contribution is 2.32. The second-order valence-corrected chi connectivity index (χ2v) is 6.04. The molecule has 6 heteroatoms. The SMILES string of the molecule is O=C(O)CC1CCN(C(=O)C2Cc3cc(Cl)ccc3O2)C1. The average Bonchev–Trinajstić information content (AvgIpc) is 3.03. The van der Waals surface area contributed by atoms with Gasteiger partial charge in [-0.25, -0.2) is 0 Å². The van der Waals surface area contributed by atoms with Gasteiger partial charge in [-0.2, -0.15) is 0 Å². The smallest absolute Gasteiger partial charge is 0.303 e. The number of carboxylic acid groups (broad SMARTS) is 1. The van der Waals surface area contributed by atoms with Crippen molar-refractivity contribution < 1.29 is 19.4 Å². The van der Waals surface area contributed by atoms with Crippen LogP contribution in [0.15, 0.2) is 18.2 Å². The molecule has 0 radical (unpaired) electrons. The predicted molar refractivity (Wildman–Crippen MR) is 76.5 cm³/mol. The summed E-state index contributed by atoms with van der Waals surface area (Å²) in [6.07, 6.45) is 0.866. The number of halogens is 1. The van der Waals surface area contributed by atoms with Gasteiger partial charge in [-0.15, -0.1) is 0 Å². The molecule has 1 N–H and O–H groups in total. The van der Waals surface area contributed by atoms with Crippen LogP contribution in [0.5, 0.6) is 5.75 Å². The van der Waals surface area contributed by atoms with Gasteiger partial charge in [0.15, 0.2) is 6.10 Å². The van der Waals surface area contributed by atoms with Crippen molar-refractivity contribution >= 4 is 23.5 Å². The van der Waals surface area contributed by atoms with E-state index in [1.165, 1.54) is 0 Å². The van der Waals surface area contributed by atoms with E-state index in [1.807, 2.05) is 6.07 Å². The van der Waals surface area contributed by atoms with Gasteiger partial charge in [-0.3, -0.25) is 9.59 Å². The standard InChI is InChI=1S/C15H16ClNO4/c16-11-1-2-12-10(6-11)7-13(21-12)15(20)17-4-3-9(8-17)5-14(18)19/h1-2,6,9,13H,3-5,7-8H2,(H,18,19). The zero-order valence-electron chi connectivity index (χ0n) is 11.4. The number of nitrogens with zero attached hydrogens (tertiary/aromatic N) is 1. The quantitative estimate of drug-likeness (QED) is 0.927. The summed E-state index contributed by atoms with van der Waals surface area (Å²) in [7, 11) is 0. The van der Waals surface area contributed by atoms with Crippen LogP contribution in [0.2, 0.25) is 5.02 Å². The van der Waals surface area contributed by atoms with Crippen LogP contribution in [-0.2, 0) is 16.0 Å². The zero-order chi connectivity index (χ0) is 15.0. The van der Waals surface area contributed by atoms with Crippen LogP contribution in [0.1, 0.15) is 18.4 Å². The van der Waals surface area contributed by atoms with Crippen molar-refractivity contribution in [1.82, 2.24) is 4.90 Å². The normalized spacial score (nSPS) is 23.8. The Balaban J connectivity index is 1.62. The van der Waals surface area contributed by atoms with Crippen LogP contribution >= 0.6 is 11.6 Å². The molecule has 1 fully saturated rings. The van der Waals surface area contributed by atoms with Crippen LogP contribution in [-0.4, -0.2) is 41.1 Å². The van der Waals surface area contributed by atoms with Gasteiger partial charge < -0.3 is 14.7 Å². The molecule has 2 aliphatic heterocycles. The number of rotatable bonds is 3. The zero-order valence-corrected chi connectivity index (χ0v) is 12.2. The number of benzene rings is 1. The highest BCUT2D eigenvalue weighted by atomic mass is 35.5. The Morgan fingerprint density at radius 3 is 3.00 bits per heavy atom. The molecule has 21 heavy (non-hydrogen) atoms. The minimum absolute atomic E-state index is 0.0460. The molecule has 1 saturated heterocycles. The first-order valence-electron chi connectivity index (χ1n) is 6.98. The summed E-state index contributed by atoms with van der Waals surface area (Å²) in [6.45, 7) is 1.11. The number of fused-ring (bicyclic) bond motifs is 1. The molecule has 1 aromatic carbocycles. The monoisotopic (exact) mass is 309 g/mol. The third kappa shape index (κ3) is 2.97.